The first kappa shape index (κ1) is 69.7. The summed E-state index contributed by atoms with van der Waals surface area (Å²) in [4.78, 5) is 0. The van der Waals surface area contributed by atoms with Crippen LogP contribution in [0.5, 0.6) is 0 Å². The van der Waals surface area contributed by atoms with Crippen LogP contribution in [0.25, 0.3) is 0 Å². The predicted molar refractivity (Wildman–Crippen MR) is 309 cm³/mol. The minimum atomic E-state index is -3.96. The van der Waals surface area contributed by atoms with Crippen LogP contribution in [0.2, 0.25) is 0 Å². The van der Waals surface area contributed by atoms with E-state index >= 15 is 0 Å². The minimum Gasteiger partial charge on any atom is -0.207 e. The molecular weight excluding hydrogens is 900 g/mol. The highest BCUT2D eigenvalue weighted by Gasteiger charge is 2.42. The molecule has 7 aliphatic rings. The fraction of sp³-hybridized carbons (Fsp3) is 1.00. The van der Waals surface area contributed by atoms with E-state index in [9.17, 15) is 22.0 Å². The molecule has 0 N–H and O–H groups in total. The molecule has 0 aromatic carbocycles. The quantitative estimate of drug-likeness (QED) is 0.176. The molecule has 7 saturated carbocycles. The maximum Gasteiger partial charge on any atom is 0.391 e. The summed E-state index contributed by atoms with van der Waals surface area (Å²) >= 11 is 0. The molecule has 7 rings (SSSR count). The molecule has 0 spiro atoms. The third-order valence-corrected chi connectivity index (χ3v) is 20.0. The molecule has 0 aromatic rings. The molecule has 0 amide bonds. The third kappa shape index (κ3) is 31.8. The van der Waals surface area contributed by atoms with Gasteiger partial charge in [0.1, 0.15) is 0 Å². The lowest BCUT2D eigenvalue weighted by Crippen LogP contribution is -2.29. The average molecular weight is 1030 g/mol. The van der Waals surface area contributed by atoms with Gasteiger partial charge in [0, 0.05) is 12.8 Å². The van der Waals surface area contributed by atoms with Gasteiger partial charge in [-0.1, -0.05) is 227 Å². The molecule has 0 saturated heterocycles. The fourth-order valence-corrected chi connectivity index (χ4v) is 13.3. The van der Waals surface area contributed by atoms with Crippen molar-refractivity contribution in [3.63, 3.8) is 0 Å². The van der Waals surface area contributed by atoms with E-state index in [2.05, 4.69) is 118 Å². The SMILES string of the molecule is CC(C)C1CCC(C(F)(F)F)CC1.CC(C)C1CCC(C)(C)CC1.CC(C)C1CCC(F)(F)CC1.CC(C)C1CCCC1.CC(C)C1CCCCC1.CC(C)C1CCCCCC1.CC1CCC(C(C)C)CC1. The summed E-state index contributed by atoms with van der Waals surface area (Å²) in [6.45, 7) is 39.2. The molecule has 0 atom stereocenters. The van der Waals surface area contributed by atoms with E-state index in [4.69, 9.17) is 0 Å². The second kappa shape index (κ2) is 36.7. The largest absolute Gasteiger partial charge is 0.391 e. The van der Waals surface area contributed by atoms with Gasteiger partial charge in [-0.25, -0.2) is 8.78 Å². The normalized spacial score (nSPS) is 27.0. The predicted octanol–water partition coefficient (Wildman–Crippen LogP) is 24.5. The van der Waals surface area contributed by atoms with Gasteiger partial charge >= 0.3 is 6.18 Å². The second-order valence-corrected chi connectivity index (χ2v) is 28.8. The Labute approximate surface area is 449 Å². The first-order valence-electron chi connectivity index (χ1n) is 32.0. The van der Waals surface area contributed by atoms with E-state index in [1.165, 1.54) is 148 Å². The van der Waals surface area contributed by atoms with Gasteiger partial charge in [0.15, 0.2) is 0 Å². The molecule has 7 aliphatic carbocycles. The molecule has 0 aliphatic heterocycles. The number of halogens is 5. The maximum absolute atomic E-state index is 12.6. The van der Waals surface area contributed by atoms with E-state index in [0.29, 0.717) is 54.8 Å². The van der Waals surface area contributed by atoms with Gasteiger partial charge in [0.2, 0.25) is 5.92 Å². The van der Waals surface area contributed by atoms with Crippen molar-refractivity contribution >= 4 is 0 Å². The fourth-order valence-electron chi connectivity index (χ4n) is 13.3. The molecule has 432 valence electrons. The smallest absolute Gasteiger partial charge is 0.207 e. The van der Waals surface area contributed by atoms with Crippen LogP contribution in [-0.4, -0.2) is 12.1 Å². The van der Waals surface area contributed by atoms with Crippen LogP contribution < -0.4 is 0 Å². The van der Waals surface area contributed by atoms with Crippen LogP contribution in [0.1, 0.15) is 317 Å². The van der Waals surface area contributed by atoms with Crippen molar-refractivity contribution in [3.05, 3.63) is 0 Å². The first-order valence-corrected chi connectivity index (χ1v) is 32.0. The lowest BCUT2D eigenvalue weighted by molar-refractivity contribution is -0.184. The summed E-state index contributed by atoms with van der Waals surface area (Å²) in [5.41, 5.74) is 0.644. The summed E-state index contributed by atoms with van der Waals surface area (Å²) in [5, 5.41) is 0. The van der Waals surface area contributed by atoms with Crippen molar-refractivity contribution in [1.29, 1.82) is 0 Å². The zero-order chi connectivity index (χ0) is 54.7. The molecule has 72 heavy (non-hydrogen) atoms. The van der Waals surface area contributed by atoms with E-state index in [0.717, 1.165) is 77.9 Å². The zero-order valence-electron chi connectivity index (χ0n) is 51.5. The van der Waals surface area contributed by atoms with Gasteiger partial charge in [-0.05, 0) is 171 Å². The van der Waals surface area contributed by atoms with Crippen LogP contribution in [0, 0.1) is 100 Å². The Bertz CT molecular complexity index is 1190. The van der Waals surface area contributed by atoms with Crippen molar-refractivity contribution in [3.8, 4) is 0 Å². The van der Waals surface area contributed by atoms with Gasteiger partial charge < -0.3 is 0 Å². The molecule has 0 unspecified atom stereocenters. The van der Waals surface area contributed by atoms with Crippen molar-refractivity contribution in [1.82, 2.24) is 0 Å². The van der Waals surface area contributed by atoms with Crippen molar-refractivity contribution < 1.29 is 22.0 Å². The molecule has 7 fully saturated rings. The number of alkyl halides is 5. The van der Waals surface area contributed by atoms with Crippen LogP contribution in [0.4, 0.5) is 22.0 Å². The molecule has 0 radical (unpaired) electrons. The zero-order valence-corrected chi connectivity index (χ0v) is 51.5. The summed E-state index contributed by atoms with van der Waals surface area (Å²) in [5.74, 6) is 9.65. The lowest BCUT2D eigenvalue weighted by Gasteiger charge is -2.36. The molecule has 0 bridgehead atoms. The Balaban J connectivity index is 0.000000422. The van der Waals surface area contributed by atoms with E-state index in [-0.39, 0.29) is 12.8 Å². The topological polar surface area (TPSA) is 0 Å². The summed E-state index contributed by atoms with van der Waals surface area (Å²) in [6.07, 6.45) is 34.0. The Morgan fingerprint density at radius 2 is 0.528 bits per heavy atom. The average Bonchev–Trinajstić information content (AvgIpc) is 3.73. The van der Waals surface area contributed by atoms with Crippen LogP contribution >= 0.6 is 0 Å². The monoisotopic (exact) mass is 1030 g/mol. The van der Waals surface area contributed by atoms with Crippen LogP contribution in [0.3, 0.4) is 0 Å². The highest BCUT2D eigenvalue weighted by atomic mass is 19.4. The number of hydrogen-bond donors (Lipinski definition) is 0. The Morgan fingerprint density at radius 3 is 0.806 bits per heavy atom. The Morgan fingerprint density at radius 1 is 0.306 bits per heavy atom. The van der Waals surface area contributed by atoms with Crippen molar-refractivity contribution in [2.75, 3.05) is 0 Å². The lowest BCUT2D eigenvalue weighted by atomic mass is 9.70. The van der Waals surface area contributed by atoms with Gasteiger partial charge in [-0.3, -0.25) is 0 Å². The molecular formula is C67H129F5. The maximum atomic E-state index is 12.6. The minimum absolute atomic E-state index is 0.107. The first-order chi connectivity index (χ1) is 33.5. The van der Waals surface area contributed by atoms with Gasteiger partial charge in [-0.15, -0.1) is 0 Å². The van der Waals surface area contributed by atoms with Crippen molar-refractivity contribution in [2.24, 2.45) is 100 Å². The van der Waals surface area contributed by atoms with Gasteiger partial charge in [0.05, 0.1) is 5.92 Å². The summed E-state index contributed by atoms with van der Waals surface area (Å²) in [7, 11) is 0. The summed E-state index contributed by atoms with van der Waals surface area (Å²) in [6, 6.07) is 0. The second-order valence-electron chi connectivity index (χ2n) is 28.8. The van der Waals surface area contributed by atoms with E-state index < -0.39 is 18.0 Å². The Kier molecular flexibility index (Phi) is 35.5. The third-order valence-electron chi connectivity index (χ3n) is 20.0. The highest BCUT2D eigenvalue weighted by molar-refractivity contribution is 4.81. The molecule has 0 heterocycles. The highest BCUT2D eigenvalue weighted by Crippen LogP contribution is 2.43. The van der Waals surface area contributed by atoms with E-state index in [1.54, 1.807) is 0 Å². The van der Waals surface area contributed by atoms with Crippen molar-refractivity contribution in [2.45, 2.75) is 329 Å². The van der Waals surface area contributed by atoms with E-state index in [1.807, 2.05) is 0 Å². The molecule has 5 heteroatoms. The Hall–Kier alpha value is -0.350. The molecule has 0 nitrogen and oxygen atoms in total. The van der Waals surface area contributed by atoms with Crippen LogP contribution in [0.15, 0.2) is 0 Å². The standard InChI is InChI=1S/C11H22.C10H17F3.2C10H20.C9H16F2.C9H18.C8H16/c1-9(2)10-5-7-11(3,4)8-6-10;1-7(2)8-3-5-9(6-4-8)10(11,12)13;1-8(2)10-6-4-9(3)5-7-10;1-9(2)10-7-5-3-4-6-8-10;1-7(2)8-3-5-9(10,11)6-4-8;1-8(2)9-6-4-3-5-7-9;1-7(2)8-5-3-4-6-8/h9-10H,5-8H2,1-4H3;7-9H,3-6H2,1-2H3;8-10H,4-7H2,1-3H3;9-10H,3-8H2,1-2H3;7-8H,3-6H2,1-2H3;8-9H,3-7H2,1-2H3;7-8H,3-6H2,1-2H3. The molecule has 0 aromatic heterocycles. The number of rotatable bonds is 7. The van der Waals surface area contributed by atoms with Gasteiger partial charge in [-0.2, -0.15) is 13.2 Å². The number of hydrogen-bond acceptors (Lipinski definition) is 0. The summed E-state index contributed by atoms with van der Waals surface area (Å²) < 4.78 is 62.1. The van der Waals surface area contributed by atoms with Gasteiger partial charge in [0.25, 0.3) is 0 Å². The van der Waals surface area contributed by atoms with Crippen LogP contribution in [-0.2, 0) is 0 Å².